The van der Waals surface area contributed by atoms with Crippen LogP contribution in [0.4, 0.5) is 0 Å². The van der Waals surface area contributed by atoms with Crippen LogP contribution < -0.4 is 5.32 Å². The van der Waals surface area contributed by atoms with E-state index in [9.17, 15) is 0 Å². The van der Waals surface area contributed by atoms with Gasteiger partial charge in [-0.05, 0) is 34.6 Å². The van der Waals surface area contributed by atoms with Crippen molar-refractivity contribution in [1.82, 2.24) is 5.32 Å². The fraction of sp³-hybridized carbons (Fsp3) is 0.636. The van der Waals surface area contributed by atoms with Crippen molar-refractivity contribution in [2.24, 2.45) is 0 Å². The molecule has 0 heterocycles. The molecule has 0 fully saturated rings. The zero-order valence-electron chi connectivity index (χ0n) is 8.99. The maximum atomic E-state index is 3.94. The lowest BCUT2D eigenvalue weighted by atomic mass is 9.97. The van der Waals surface area contributed by atoms with Gasteiger partial charge in [-0.15, -0.1) is 0 Å². The molecule has 70 valence electrons. The van der Waals surface area contributed by atoms with E-state index in [1.807, 2.05) is 0 Å². The van der Waals surface area contributed by atoms with Crippen LogP contribution in [0.2, 0.25) is 0 Å². The molecule has 0 rings (SSSR count). The molecule has 0 saturated heterocycles. The van der Waals surface area contributed by atoms with E-state index in [4.69, 9.17) is 0 Å². The highest BCUT2D eigenvalue weighted by atomic mass is 14.9. The predicted molar refractivity (Wildman–Crippen MR) is 56.3 cm³/mol. The minimum absolute atomic E-state index is 0.0476. The van der Waals surface area contributed by atoms with Gasteiger partial charge in [-0.25, -0.2) is 0 Å². The Morgan fingerprint density at radius 2 is 1.83 bits per heavy atom. The molecule has 0 aliphatic rings. The van der Waals surface area contributed by atoms with E-state index in [1.54, 1.807) is 0 Å². The fourth-order valence-corrected chi connectivity index (χ4v) is 0.661. The van der Waals surface area contributed by atoms with Gasteiger partial charge in [0, 0.05) is 12.1 Å². The quantitative estimate of drug-likeness (QED) is 0.635. The molecule has 0 bridgehead atoms. The van der Waals surface area contributed by atoms with Gasteiger partial charge in [0.05, 0.1) is 0 Å². The second-order valence-corrected chi connectivity index (χ2v) is 4.07. The lowest BCUT2D eigenvalue weighted by Crippen LogP contribution is -2.40. The Balaban J connectivity index is 3.93. The van der Waals surface area contributed by atoms with Crippen molar-refractivity contribution in [1.29, 1.82) is 0 Å². The fourth-order valence-electron chi connectivity index (χ4n) is 0.661. The molecule has 0 spiro atoms. The van der Waals surface area contributed by atoms with Crippen molar-refractivity contribution < 1.29 is 0 Å². The van der Waals surface area contributed by atoms with Crippen molar-refractivity contribution in [3.05, 3.63) is 23.8 Å². The second kappa shape index (κ2) is 4.46. The molecule has 12 heavy (non-hydrogen) atoms. The number of nitrogens with one attached hydrogen (secondary N) is 1. The van der Waals surface area contributed by atoms with E-state index >= 15 is 0 Å². The summed E-state index contributed by atoms with van der Waals surface area (Å²) in [6, 6.07) is 0. The SMILES string of the molecule is C=C(C)C(C)(C)NCC=C(C)C. The third-order valence-corrected chi connectivity index (χ3v) is 2.12. The van der Waals surface area contributed by atoms with Gasteiger partial charge in [-0.1, -0.05) is 23.8 Å². The maximum Gasteiger partial charge on any atom is 0.0334 e. The Bertz CT molecular complexity index is 183. The molecule has 1 nitrogen and oxygen atoms in total. The summed E-state index contributed by atoms with van der Waals surface area (Å²) in [6.07, 6.45) is 2.19. The lowest BCUT2D eigenvalue weighted by molar-refractivity contribution is 0.476. The Morgan fingerprint density at radius 1 is 1.33 bits per heavy atom. The number of hydrogen-bond acceptors (Lipinski definition) is 1. The number of hydrogen-bond donors (Lipinski definition) is 1. The van der Waals surface area contributed by atoms with Crippen LogP contribution in [0.5, 0.6) is 0 Å². The predicted octanol–water partition coefficient (Wildman–Crippen LogP) is 2.90. The number of allylic oxidation sites excluding steroid dienone is 1. The van der Waals surface area contributed by atoms with Gasteiger partial charge in [0.15, 0.2) is 0 Å². The molecule has 0 aromatic heterocycles. The second-order valence-electron chi connectivity index (χ2n) is 4.07. The molecular formula is C11H21N. The van der Waals surface area contributed by atoms with Gasteiger partial charge in [-0.3, -0.25) is 0 Å². The highest BCUT2D eigenvalue weighted by Crippen LogP contribution is 2.11. The molecule has 0 aromatic rings. The molecule has 0 saturated carbocycles. The van der Waals surface area contributed by atoms with Crippen LogP contribution in [-0.2, 0) is 0 Å². The van der Waals surface area contributed by atoms with Gasteiger partial charge in [-0.2, -0.15) is 0 Å². The van der Waals surface area contributed by atoms with Crippen LogP contribution in [-0.4, -0.2) is 12.1 Å². The minimum atomic E-state index is 0.0476. The molecule has 0 amide bonds. The molecule has 0 unspecified atom stereocenters. The Hall–Kier alpha value is -0.560. The zero-order valence-corrected chi connectivity index (χ0v) is 8.99. The first kappa shape index (κ1) is 11.4. The lowest BCUT2D eigenvalue weighted by Gasteiger charge is -2.26. The van der Waals surface area contributed by atoms with E-state index in [-0.39, 0.29) is 5.54 Å². The Labute approximate surface area is 76.6 Å². The molecule has 1 N–H and O–H groups in total. The van der Waals surface area contributed by atoms with Crippen molar-refractivity contribution >= 4 is 0 Å². The van der Waals surface area contributed by atoms with E-state index in [0.717, 1.165) is 6.54 Å². The first-order valence-corrected chi connectivity index (χ1v) is 4.40. The highest BCUT2D eigenvalue weighted by molar-refractivity contribution is 5.10. The summed E-state index contributed by atoms with van der Waals surface area (Å²) in [7, 11) is 0. The van der Waals surface area contributed by atoms with Gasteiger partial charge in [0.2, 0.25) is 0 Å². The summed E-state index contributed by atoms with van der Waals surface area (Å²) in [5.41, 5.74) is 2.57. The average molecular weight is 167 g/mol. The van der Waals surface area contributed by atoms with Gasteiger partial charge < -0.3 is 5.32 Å². The van der Waals surface area contributed by atoms with E-state index in [1.165, 1.54) is 11.1 Å². The van der Waals surface area contributed by atoms with E-state index in [2.05, 4.69) is 52.6 Å². The monoisotopic (exact) mass is 167 g/mol. The van der Waals surface area contributed by atoms with E-state index in [0.29, 0.717) is 0 Å². The minimum Gasteiger partial charge on any atom is -0.305 e. The van der Waals surface area contributed by atoms with Crippen LogP contribution in [0, 0.1) is 0 Å². The summed E-state index contributed by atoms with van der Waals surface area (Å²) < 4.78 is 0. The van der Waals surface area contributed by atoms with Crippen LogP contribution in [0.15, 0.2) is 23.8 Å². The molecule has 0 aliphatic heterocycles. The summed E-state index contributed by atoms with van der Waals surface area (Å²) in [6.45, 7) is 15.4. The van der Waals surface area contributed by atoms with Crippen molar-refractivity contribution in [3.63, 3.8) is 0 Å². The first-order chi connectivity index (χ1) is 5.36. The smallest absolute Gasteiger partial charge is 0.0334 e. The average Bonchev–Trinajstić information content (AvgIpc) is 1.85. The van der Waals surface area contributed by atoms with Crippen molar-refractivity contribution in [2.75, 3.05) is 6.54 Å². The molecular weight excluding hydrogens is 146 g/mol. The highest BCUT2D eigenvalue weighted by Gasteiger charge is 2.15. The third kappa shape index (κ3) is 4.35. The molecule has 0 aromatic carbocycles. The standard InChI is InChI=1S/C11H21N/c1-9(2)7-8-12-11(5,6)10(3)4/h7,12H,3,8H2,1-2,4-6H3. The maximum absolute atomic E-state index is 3.94. The molecule has 0 aliphatic carbocycles. The van der Waals surface area contributed by atoms with Crippen molar-refractivity contribution in [2.45, 2.75) is 40.2 Å². The summed E-state index contributed by atoms with van der Waals surface area (Å²) >= 11 is 0. The van der Waals surface area contributed by atoms with Gasteiger partial charge in [0.25, 0.3) is 0 Å². The molecule has 1 heteroatoms. The van der Waals surface area contributed by atoms with Gasteiger partial charge >= 0.3 is 0 Å². The van der Waals surface area contributed by atoms with Crippen LogP contribution in [0.1, 0.15) is 34.6 Å². The first-order valence-electron chi connectivity index (χ1n) is 4.40. The largest absolute Gasteiger partial charge is 0.305 e. The number of rotatable bonds is 4. The van der Waals surface area contributed by atoms with Crippen LogP contribution in [0.25, 0.3) is 0 Å². The third-order valence-electron chi connectivity index (χ3n) is 2.12. The van der Waals surface area contributed by atoms with Crippen molar-refractivity contribution in [3.8, 4) is 0 Å². The zero-order chi connectivity index (χ0) is 9.78. The van der Waals surface area contributed by atoms with Crippen LogP contribution >= 0.6 is 0 Å². The topological polar surface area (TPSA) is 12.0 Å². The summed E-state index contributed by atoms with van der Waals surface area (Å²) in [5, 5.41) is 3.41. The van der Waals surface area contributed by atoms with E-state index < -0.39 is 0 Å². The van der Waals surface area contributed by atoms with Gasteiger partial charge in [0.1, 0.15) is 0 Å². The summed E-state index contributed by atoms with van der Waals surface area (Å²) in [5.74, 6) is 0. The molecule has 0 atom stereocenters. The Morgan fingerprint density at radius 3 is 2.17 bits per heavy atom. The molecule has 0 radical (unpaired) electrons. The normalized spacial score (nSPS) is 11.1. The summed E-state index contributed by atoms with van der Waals surface area (Å²) in [4.78, 5) is 0. The van der Waals surface area contributed by atoms with Crippen LogP contribution in [0.3, 0.4) is 0 Å². The Kier molecular flexibility index (Phi) is 4.25.